The fourth-order valence-corrected chi connectivity index (χ4v) is 4.22. The molecule has 1 aliphatic rings. The molecule has 0 amide bonds. The van der Waals surface area contributed by atoms with E-state index in [1.807, 2.05) is 42.3 Å². The summed E-state index contributed by atoms with van der Waals surface area (Å²) in [4.78, 5) is 13.8. The van der Waals surface area contributed by atoms with Crippen molar-refractivity contribution in [1.29, 1.82) is 0 Å². The van der Waals surface area contributed by atoms with E-state index in [0.717, 1.165) is 40.0 Å². The standard InChI is InChI=1S/C25H23FN8/c1-15-19(26)3-4-22(31-15)24-18(12-29-33-24)20-5-6-21-23(32-20)9-16(10-28-21)17-11-30-34(13-17)14-25(27-2)7-8-25/h3-6,9-13,27H,7-8,14H2,1-2H3,(H,29,33). The number of rotatable bonds is 6. The first kappa shape index (κ1) is 20.6. The highest BCUT2D eigenvalue weighted by atomic mass is 19.1. The topological polar surface area (TPSA) is 97.2 Å². The number of halogens is 1. The second-order valence-corrected chi connectivity index (χ2v) is 8.84. The van der Waals surface area contributed by atoms with E-state index in [4.69, 9.17) is 4.98 Å². The van der Waals surface area contributed by atoms with E-state index in [2.05, 4.69) is 36.8 Å². The number of pyridine rings is 3. The summed E-state index contributed by atoms with van der Waals surface area (Å²) in [5.41, 5.74) is 6.88. The number of aryl methyl sites for hydroxylation is 1. The van der Waals surface area contributed by atoms with Crippen LogP contribution in [0.15, 0.2) is 55.1 Å². The van der Waals surface area contributed by atoms with E-state index in [9.17, 15) is 4.39 Å². The van der Waals surface area contributed by atoms with E-state index < -0.39 is 0 Å². The van der Waals surface area contributed by atoms with E-state index >= 15 is 0 Å². The molecule has 1 saturated carbocycles. The van der Waals surface area contributed by atoms with Crippen LogP contribution in [0.2, 0.25) is 0 Å². The zero-order valence-corrected chi connectivity index (χ0v) is 18.9. The Morgan fingerprint density at radius 1 is 1.03 bits per heavy atom. The smallest absolute Gasteiger partial charge is 0.144 e. The van der Waals surface area contributed by atoms with Crippen molar-refractivity contribution in [3.63, 3.8) is 0 Å². The summed E-state index contributed by atoms with van der Waals surface area (Å²) in [5.74, 6) is -0.339. The van der Waals surface area contributed by atoms with Gasteiger partial charge in [0, 0.05) is 34.6 Å². The van der Waals surface area contributed by atoms with Crippen molar-refractivity contribution < 1.29 is 4.39 Å². The zero-order chi connectivity index (χ0) is 23.3. The molecule has 0 bridgehead atoms. The fraction of sp³-hybridized carbons (Fsp3) is 0.240. The van der Waals surface area contributed by atoms with Crippen LogP contribution in [-0.4, -0.2) is 47.5 Å². The quantitative estimate of drug-likeness (QED) is 0.400. The fourth-order valence-electron chi connectivity index (χ4n) is 4.22. The average molecular weight is 455 g/mol. The lowest BCUT2D eigenvalue weighted by Crippen LogP contribution is -2.32. The molecule has 170 valence electrons. The highest BCUT2D eigenvalue weighted by molar-refractivity contribution is 5.84. The van der Waals surface area contributed by atoms with Gasteiger partial charge in [0.1, 0.15) is 5.82 Å². The van der Waals surface area contributed by atoms with Crippen molar-refractivity contribution in [3.05, 3.63) is 66.6 Å². The average Bonchev–Trinajstić information content (AvgIpc) is 3.23. The highest BCUT2D eigenvalue weighted by Crippen LogP contribution is 2.36. The number of aromatic nitrogens is 7. The van der Waals surface area contributed by atoms with Crippen LogP contribution in [0, 0.1) is 12.7 Å². The summed E-state index contributed by atoms with van der Waals surface area (Å²) < 4.78 is 15.7. The number of H-pyrrole nitrogens is 1. The highest BCUT2D eigenvalue weighted by Gasteiger charge is 2.41. The molecule has 0 unspecified atom stereocenters. The van der Waals surface area contributed by atoms with Crippen LogP contribution in [0.4, 0.5) is 4.39 Å². The van der Waals surface area contributed by atoms with E-state index in [-0.39, 0.29) is 11.4 Å². The third-order valence-electron chi connectivity index (χ3n) is 6.55. The van der Waals surface area contributed by atoms with Gasteiger partial charge in [-0.2, -0.15) is 10.2 Å². The van der Waals surface area contributed by atoms with E-state index in [1.54, 1.807) is 19.2 Å². The third-order valence-corrected chi connectivity index (χ3v) is 6.55. The molecule has 0 spiro atoms. The lowest BCUT2D eigenvalue weighted by Gasteiger charge is -2.13. The number of hydrogen-bond donors (Lipinski definition) is 2. The van der Waals surface area contributed by atoms with Gasteiger partial charge in [0.05, 0.1) is 52.7 Å². The van der Waals surface area contributed by atoms with Crippen molar-refractivity contribution in [2.45, 2.75) is 31.8 Å². The van der Waals surface area contributed by atoms with E-state index in [1.165, 1.54) is 18.9 Å². The number of nitrogens with one attached hydrogen (secondary N) is 2. The second-order valence-electron chi connectivity index (χ2n) is 8.84. The first-order valence-corrected chi connectivity index (χ1v) is 11.2. The molecule has 5 aromatic rings. The Bertz CT molecular complexity index is 1510. The molecular weight excluding hydrogens is 431 g/mol. The first-order valence-electron chi connectivity index (χ1n) is 11.2. The molecule has 5 heterocycles. The molecule has 34 heavy (non-hydrogen) atoms. The molecule has 0 aromatic carbocycles. The summed E-state index contributed by atoms with van der Waals surface area (Å²) in [5, 5.41) is 15.1. The Morgan fingerprint density at radius 3 is 2.68 bits per heavy atom. The van der Waals surface area contributed by atoms with Gasteiger partial charge in [0.15, 0.2) is 0 Å². The van der Waals surface area contributed by atoms with Crippen molar-refractivity contribution in [1.82, 2.24) is 40.2 Å². The van der Waals surface area contributed by atoms with Gasteiger partial charge in [-0.3, -0.25) is 14.8 Å². The van der Waals surface area contributed by atoms with Crippen LogP contribution in [0.3, 0.4) is 0 Å². The molecule has 1 fully saturated rings. The molecule has 6 rings (SSSR count). The monoisotopic (exact) mass is 454 g/mol. The summed E-state index contributed by atoms with van der Waals surface area (Å²) in [6.45, 7) is 2.49. The predicted octanol–water partition coefficient (Wildman–Crippen LogP) is 4.14. The molecular formula is C25H23FN8. The molecule has 0 radical (unpaired) electrons. The number of likely N-dealkylation sites (N-methyl/N-ethyl adjacent to an activating group) is 1. The predicted molar refractivity (Wildman–Crippen MR) is 127 cm³/mol. The molecule has 0 atom stereocenters. The molecule has 2 N–H and O–H groups in total. The summed E-state index contributed by atoms with van der Waals surface area (Å²) in [6.07, 6.45) is 9.83. The van der Waals surface area contributed by atoms with Crippen LogP contribution in [-0.2, 0) is 6.54 Å². The normalized spacial score (nSPS) is 14.6. The largest absolute Gasteiger partial charge is 0.313 e. The molecule has 1 aliphatic carbocycles. The van der Waals surface area contributed by atoms with Crippen LogP contribution in [0.5, 0.6) is 0 Å². The number of fused-ring (bicyclic) bond motifs is 1. The van der Waals surface area contributed by atoms with Crippen LogP contribution >= 0.6 is 0 Å². The Kier molecular flexibility index (Phi) is 4.73. The maximum Gasteiger partial charge on any atom is 0.144 e. The summed E-state index contributed by atoms with van der Waals surface area (Å²) >= 11 is 0. The van der Waals surface area contributed by atoms with Crippen molar-refractivity contribution >= 4 is 11.0 Å². The summed E-state index contributed by atoms with van der Waals surface area (Å²) in [6, 6.07) is 8.92. The number of hydrogen-bond acceptors (Lipinski definition) is 6. The van der Waals surface area contributed by atoms with Crippen LogP contribution < -0.4 is 5.32 Å². The van der Waals surface area contributed by atoms with Gasteiger partial charge in [-0.1, -0.05) is 0 Å². The van der Waals surface area contributed by atoms with Gasteiger partial charge in [-0.25, -0.2) is 14.4 Å². The molecule has 9 heteroatoms. The van der Waals surface area contributed by atoms with Gasteiger partial charge in [0.2, 0.25) is 0 Å². The maximum atomic E-state index is 13.7. The Hall–Kier alpha value is -3.98. The Labute approximate surface area is 195 Å². The molecule has 0 saturated heterocycles. The van der Waals surface area contributed by atoms with Crippen LogP contribution in [0.25, 0.3) is 44.8 Å². The van der Waals surface area contributed by atoms with Crippen LogP contribution in [0.1, 0.15) is 18.5 Å². The molecule has 5 aromatic heterocycles. The van der Waals surface area contributed by atoms with Gasteiger partial charge in [-0.15, -0.1) is 0 Å². The van der Waals surface area contributed by atoms with E-state index in [0.29, 0.717) is 17.1 Å². The Balaban J connectivity index is 1.34. The lowest BCUT2D eigenvalue weighted by atomic mass is 10.1. The van der Waals surface area contributed by atoms with Gasteiger partial charge < -0.3 is 5.32 Å². The Morgan fingerprint density at radius 2 is 1.88 bits per heavy atom. The molecule has 0 aliphatic heterocycles. The minimum Gasteiger partial charge on any atom is -0.313 e. The second kappa shape index (κ2) is 7.81. The van der Waals surface area contributed by atoms with Gasteiger partial charge >= 0.3 is 0 Å². The zero-order valence-electron chi connectivity index (χ0n) is 18.9. The first-order chi connectivity index (χ1) is 16.5. The number of aromatic amines is 1. The van der Waals surface area contributed by atoms with Crippen molar-refractivity contribution in [2.24, 2.45) is 0 Å². The van der Waals surface area contributed by atoms with Crippen molar-refractivity contribution in [2.75, 3.05) is 7.05 Å². The van der Waals surface area contributed by atoms with Gasteiger partial charge in [0.25, 0.3) is 0 Å². The minimum atomic E-state index is -0.339. The SMILES string of the molecule is CNC1(Cn2cc(-c3cnc4ccc(-c5cn[nH]c5-c5ccc(F)c(C)n5)nc4c3)cn2)CC1. The van der Waals surface area contributed by atoms with Crippen molar-refractivity contribution in [3.8, 4) is 33.8 Å². The maximum absolute atomic E-state index is 13.7. The lowest BCUT2D eigenvalue weighted by molar-refractivity contribution is 0.438. The molecule has 8 nitrogen and oxygen atoms in total. The van der Waals surface area contributed by atoms with Gasteiger partial charge in [-0.05, 0) is 57.1 Å². The minimum absolute atomic E-state index is 0.182. The summed E-state index contributed by atoms with van der Waals surface area (Å²) in [7, 11) is 2.01. The third kappa shape index (κ3) is 3.63. The number of nitrogens with zero attached hydrogens (tertiary/aromatic N) is 6.